The van der Waals surface area contributed by atoms with E-state index in [2.05, 4.69) is 52.4 Å². The summed E-state index contributed by atoms with van der Waals surface area (Å²) in [5, 5.41) is 3.51. The SMILES string of the molecule is CC(NCCCN)C1=Cc2cc(Br)ccc2C1. The average Bonchev–Trinajstić information content (AvgIpc) is 2.72. The highest BCUT2D eigenvalue weighted by Gasteiger charge is 2.16. The van der Waals surface area contributed by atoms with Crippen LogP contribution in [0.15, 0.2) is 28.2 Å². The van der Waals surface area contributed by atoms with E-state index in [1.165, 1.54) is 16.7 Å². The van der Waals surface area contributed by atoms with Crippen molar-refractivity contribution in [1.29, 1.82) is 0 Å². The van der Waals surface area contributed by atoms with Gasteiger partial charge in [-0.3, -0.25) is 0 Å². The van der Waals surface area contributed by atoms with Crippen LogP contribution >= 0.6 is 15.9 Å². The zero-order chi connectivity index (χ0) is 12.3. The molecule has 0 saturated heterocycles. The summed E-state index contributed by atoms with van der Waals surface area (Å²) in [7, 11) is 0. The minimum Gasteiger partial charge on any atom is -0.330 e. The van der Waals surface area contributed by atoms with Crippen molar-refractivity contribution in [3.63, 3.8) is 0 Å². The molecule has 0 aliphatic heterocycles. The number of fused-ring (bicyclic) bond motifs is 1. The predicted molar refractivity (Wildman–Crippen MR) is 77.0 cm³/mol. The molecule has 0 amide bonds. The maximum absolute atomic E-state index is 5.49. The Labute approximate surface area is 111 Å². The summed E-state index contributed by atoms with van der Waals surface area (Å²) in [4.78, 5) is 0. The van der Waals surface area contributed by atoms with Crippen molar-refractivity contribution < 1.29 is 0 Å². The highest BCUT2D eigenvalue weighted by molar-refractivity contribution is 9.10. The van der Waals surface area contributed by atoms with Crippen LogP contribution in [0.4, 0.5) is 0 Å². The number of halogens is 1. The molecular weight excluding hydrogens is 276 g/mol. The van der Waals surface area contributed by atoms with E-state index < -0.39 is 0 Å². The van der Waals surface area contributed by atoms with Crippen LogP contribution < -0.4 is 11.1 Å². The van der Waals surface area contributed by atoms with E-state index in [1.807, 2.05) is 0 Å². The van der Waals surface area contributed by atoms with E-state index in [0.717, 1.165) is 30.4 Å². The predicted octanol–water partition coefficient (Wildman–Crippen LogP) is 2.72. The second kappa shape index (κ2) is 5.80. The van der Waals surface area contributed by atoms with Crippen LogP contribution in [0.3, 0.4) is 0 Å². The van der Waals surface area contributed by atoms with Gasteiger partial charge in [0.25, 0.3) is 0 Å². The summed E-state index contributed by atoms with van der Waals surface area (Å²) in [5.74, 6) is 0. The van der Waals surface area contributed by atoms with E-state index >= 15 is 0 Å². The van der Waals surface area contributed by atoms with Crippen molar-refractivity contribution in [1.82, 2.24) is 5.32 Å². The molecule has 3 heteroatoms. The van der Waals surface area contributed by atoms with Crippen LogP contribution in [-0.4, -0.2) is 19.1 Å². The Hall–Kier alpha value is -0.640. The monoisotopic (exact) mass is 294 g/mol. The molecular formula is C14H19BrN2. The fraction of sp³-hybridized carbons (Fsp3) is 0.429. The van der Waals surface area contributed by atoms with Crippen LogP contribution in [0.25, 0.3) is 6.08 Å². The normalized spacial score (nSPS) is 15.6. The van der Waals surface area contributed by atoms with E-state index in [9.17, 15) is 0 Å². The number of hydrogen-bond acceptors (Lipinski definition) is 2. The molecule has 92 valence electrons. The summed E-state index contributed by atoms with van der Waals surface area (Å²) in [6, 6.07) is 6.94. The topological polar surface area (TPSA) is 38.0 Å². The zero-order valence-electron chi connectivity index (χ0n) is 10.2. The number of benzene rings is 1. The fourth-order valence-electron chi connectivity index (χ4n) is 2.16. The van der Waals surface area contributed by atoms with Gasteiger partial charge in [-0.15, -0.1) is 0 Å². The number of rotatable bonds is 5. The highest BCUT2D eigenvalue weighted by Crippen LogP contribution is 2.29. The molecule has 0 spiro atoms. The standard InChI is InChI=1S/C14H19BrN2/c1-10(17-6-2-5-16)12-7-11-3-4-14(15)9-13(11)8-12/h3-4,8-10,17H,2,5-7,16H2,1H3. The second-order valence-corrected chi connectivity index (χ2v) is 5.47. The Morgan fingerprint density at radius 2 is 2.29 bits per heavy atom. The van der Waals surface area contributed by atoms with E-state index in [4.69, 9.17) is 5.73 Å². The second-order valence-electron chi connectivity index (χ2n) is 4.56. The van der Waals surface area contributed by atoms with Gasteiger partial charge in [-0.05, 0) is 61.7 Å². The molecule has 0 saturated carbocycles. The Bertz CT molecular complexity index is 426. The molecule has 1 aliphatic rings. The van der Waals surface area contributed by atoms with Gasteiger partial charge in [-0.2, -0.15) is 0 Å². The third kappa shape index (κ3) is 3.18. The summed E-state index contributed by atoms with van der Waals surface area (Å²) in [6.45, 7) is 3.98. The van der Waals surface area contributed by atoms with Crippen molar-refractivity contribution in [2.24, 2.45) is 5.73 Å². The first kappa shape index (κ1) is 12.8. The van der Waals surface area contributed by atoms with E-state index in [-0.39, 0.29) is 0 Å². The molecule has 1 aliphatic carbocycles. The van der Waals surface area contributed by atoms with Crippen molar-refractivity contribution in [3.8, 4) is 0 Å². The van der Waals surface area contributed by atoms with E-state index in [1.54, 1.807) is 0 Å². The Balaban J connectivity index is 1.99. The summed E-state index contributed by atoms with van der Waals surface area (Å²) in [6.07, 6.45) is 4.41. The minimum atomic E-state index is 0.438. The van der Waals surface area contributed by atoms with Gasteiger partial charge in [0.1, 0.15) is 0 Å². The molecule has 0 heterocycles. The van der Waals surface area contributed by atoms with Crippen LogP contribution in [-0.2, 0) is 6.42 Å². The smallest absolute Gasteiger partial charge is 0.0257 e. The van der Waals surface area contributed by atoms with Gasteiger partial charge in [0.15, 0.2) is 0 Å². The minimum absolute atomic E-state index is 0.438. The lowest BCUT2D eigenvalue weighted by Crippen LogP contribution is -2.30. The van der Waals surface area contributed by atoms with Crippen molar-refractivity contribution in [3.05, 3.63) is 39.4 Å². The van der Waals surface area contributed by atoms with Crippen LogP contribution in [0, 0.1) is 0 Å². The maximum Gasteiger partial charge on any atom is 0.0257 e. The maximum atomic E-state index is 5.49. The van der Waals surface area contributed by atoms with Crippen molar-refractivity contribution in [2.75, 3.05) is 13.1 Å². The van der Waals surface area contributed by atoms with Gasteiger partial charge in [-0.1, -0.05) is 28.1 Å². The first-order valence-corrected chi connectivity index (χ1v) is 6.92. The quantitative estimate of drug-likeness (QED) is 0.820. The Morgan fingerprint density at radius 1 is 1.47 bits per heavy atom. The first-order chi connectivity index (χ1) is 8.20. The summed E-state index contributed by atoms with van der Waals surface area (Å²) in [5.41, 5.74) is 9.74. The zero-order valence-corrected chi connectivity index (χ0v) is 11.8. The molecule has 17 heavy (non-hydrogen) atoms. The lowest BCUT2D eigenvalue weighted by Gasteiger charge is -2.14. The molecule has 0 bridgehead atoms. The van der Waals surface area contributed by atoms with Gasteiger partial charge in [0.05, 0.1) is 0 Å². The van der Waals surface area contributed by atoms with Gasteiger partial charge >= 0.3 is 0 Å². The molecule has 2 nitrogen and oxygen atoms in total. The largest absolute Gasteiger partial charge is 0.330 e. The van der Waals surface area contributed by atoms with E-state index in [0.29, 0.717) is 6.04 Å². The summed E-state index contributed by atoms with van der Waals surface area (Å²) >= 11 is 3.51. The molecule has 0 aromatic heterocycles. The molecule has 1 atom stereocenters. The molecule has 3 N–H and O–H groups in total. The lowest BCUT2D eigenvalue weighted by atomic mass is 10.1. The fourth-order valence-corrected chi connectivity index (χ4v) is 2.54. The van der Waals surface area contributed by atoms with Crippen LogP contribution in [0.1, 0.15) is 24.5 Å². The number of nitrogens with one attached hydrogen (secondary N) is 1. The first-order valence-electron chi connectivity index (χ1n) is 6.13. The Kier molecular flexibility index (Phi) is 4.37. The molecule has 2 rings (SSSR count). The molecule has 0 radical (unpaired) electrons. The number of hydrogen-bond donors (Lipinski definition) is 2. The van der Waals surface area contributed by atoms with Gasteiger partial charge in [0, 0.05) is 10.5 Å². The number of nitrogens with two attached hydrogens (primary N) is 1. The highest BCUT2D eigenvalue weighted by atomic mass is 79.9. The van der Waals surface area contributed by atoms with Crippen LogP contribution in [0.5, 0.6) is 0 Å². The lowest BCUT2D eigenvalue weighted by molar-refractivity contribution is 0.587. The Morgan fingerprint density at radius 3 is 3.06 bits per heavy atom. The summed E-state index contributed by atoms with van der Waals surface area (Å²) < 4.78 is 1.15. The molecule has 1 unspecified atom stereocenters. The van der Waals surface area contributed by atoms with Gasteiger partial charge < -0.3 is 11.1 Å². The molecule has 1 aromatic carbocycles. The molecule has 1 aromatic rings. The third-order valence-corrected chi connectivity index (χ3v) is 3.72. The van der Waals surface area contributed by atoms with Crippen molar-refractivity contribution in [2.45, 2.75) is 25.8 Å². The third-order valence-electron chi connectivity index (χ3n) is 3.23. The molecule has 0 fully saturated rings. The van der Waals surface area contributed by atoms with Gasteiger partial charge in [0.2, 0.25) is 0 Å². The van der Waals surface area contributed by atoms with Crippen molar-refractivity contribution >= 4 is 22.0 Å². The van der Waals surface area contributed by atoms with Gasteiger partial charge in [-0.25, -0.2) is 0 Å². The average molecular weight is 295 g/mol. The van der Waals surface area contributed by atoms with Crippen LogP contribution in [0.2, 0.25) is 0 Å².